The van der Waals surface area contributed by atoms with E-state index >= 15 is 0 Å². The molecule has 1 aromatic carbocycles. The van der Waals surface area contributed by atoms with Crippen LogP contribution in [-0.4, -0.2) is 29.6 Å². The minimum atomic E-state index is -0.710. The van der Waals surface area contributed by atoms with Gasteiger partial charge in [0.2, 0.25) is 0 Å². The van der Waals surface area contributed by atoms with Crippen molar-refractivity contribution in [1.29, 1.82) is 0 Å². The lowest BCUT2D eigenvalue weighted by atomic mass is 10.1. The molecule has 0 saturated carbocycles. The van der Waals surface area contributed by atoms with Crippen molar-refractivity contribution in [2.24, 2.45) is 0 Å². The van der Waals surface area contributed by atoms with Crippen LogP contribution in [0.1, 0.15) is 24.2 Å². The Morgan fingerprint density at radius 3 is 2.80 bits per heavy atom. The number of nitrogens with zero attached hydrogens (tertiary/aromatic N) is 6. The van der Waals surface area contributed by atoms with Gasteiger partial charge in [-0.1, -0.05) is 12.1 Å². The van der Waals surface area contributed by atoms with Crippen LogP contribution in [0.3, 0.4) is 0 Å². The summed E-state index contributed by atoms with van der Waals surface area (Å²) in [5.41, 5.74) is 8.12. The molecule has 0 amide bonds. The van der Waals surface area contributed by atoms with Gasteiger partial charge < -0.3 is 5.73 Å². The Hall–Kier alpha value is -3.36. The fourth-order valence-corrected chi connectivity index (χ4v) is 2.71. The SMILES string of the molecule is CC(c1cn(-c2ccc(F)cc2F)nn1)c1ccc2c(N)ncnn12. The summed E-state index contributed by atoms with van der Waals surface area (Å²) in [5, 5.41) is 12.3. The summed E-state index contributed by atoms with van der Waals surface area (Å²) in [6.07, 6.45) is 2.98. The van der Waals surface area contributed by atoms with E-state index < -0.39 is 11.6 Å². The van der Waals surface area contributed by atoms with Crippen molar-refractivity contribution in [3.8, 4) is 5.69 Å². The van der Waals surface area contributed by atoms with Crippen LogP contribution in [0, 0.1) is 11.6 Å². The fourth-order valence-electron chi connectivity index (χ4n) is 2.71. The van der Waals surface area contributed by atoms with Crippen molar-refractivity contribution in [2.75, 3.05) is 5.73 Å². The molecule has 4 aromatic rings. The smallest absolute Gasteiger partial charge is 0.151 e. The number of fused-ring (bicyclic) bond motifs is 1. The molecule has 7 nitrogen and oxygen atoms in total. The molecule has 2 N–H and O–H groups in total. The first kappa shape index (κ1) is 15.2. The van der Waals surface area contributed by atoms with Gasteiger partial charge in [-0.15, -0.1) is 5.10 Å². The van der Waals surface area contributed by atoms with Gasteiger partial charge in [0.25, 0.3) is 0 Å². The first-order valence-electron chi connectivity index (χ1n) is 7.50. The molecule has 126 valence electrons. The van der Waals surface area contributed by atoms with Crippen LogP contribution in [0.15, 0.2) is 42.9 Å². The Labute approximate surface area is 140 Å². The maximum absolute atomic E-state index is 13.9. The summed E-state index contributed by atoms with van der Waals surface area (Å²) in [4.78, 5) is 3.95. The average Bonchev–Trinajstić information content (AvgIpc) is 3.22. The fraction of sp³-hybridized carbons (Fsp3) is 0.125. The number of anilines is 1. The molecule has 1 atom stereocenters. The molecule has 0 bridgehead atoms. The van der Waals surface area contributed by atoms with Gasteiger partial charge in [0.15, 0.2) is 11.6 Å². The summed E-state index contributed by atoms with van der Waals surface area (Å²) < 4.78 is 29.9. The molecule has 1 unspecified atom stereocenters. The van der Waals surface area contributed by atoms with Crippen molar-refractivity contribution in [2.45, 2.75) is 12.8 Å². The normalized spacial score (nSPS) is 12.6. The molecule has 0 aliphatic carbocycles. The molecule has 3 aromatic heterocycles. The van der Waals surface area contributed by atoms with Gasteiger partial charge in [-0.2, -0.15) is 5.10 Å². The van der Waals surface area contributed by atoms with Gasteiger partial charge in [-0.25, -0.2) is 23.0 Å². The standard InChI is InChI=1S/C16H13F2N7/c1-9(13-4-5-15-16(19)20-8-21-25(13)15)12-7-24(23-22-12)14-3-2-10(17)6-11(14)18/h2-9H,1H3,(H2,19,20,21). The third kappa shape index (κ3) is 2.49. The maximum Gasteiger partial charge on any atom is 0.151 e. The third-order valence-corrected chi connectivity index (χ3v) is 4.07. The second kappa shape index (κ2) is 5.62. The molecule has 0 aliphatic rings. The van der Waals surface area contributed by atoms with Crippen LogP contribution in [0.2, 0.25) is 0 Å². The van der Waals surface area contributed by atoms with Crippen molar-refractivity contribution in [1.82, 2.24) is 29.6 Å². The highest BCUT2D eigenvalue weighted by Gasteiger charge is 2.19. The highest BCUT2D eigenvalue weighted by atomic mass is 19.1. The van der Waals surface area contributed by atoms with E-state index in [1.54, 1.807) is 10.7 Å². The second-order valence-corrected chi connectivity index (χ2v) is 5.61. The number of benzene rings is 1. The van der Waals surface area contributed by atoms with Gasteiger partial charge in [0.1, 0.15) is 23.3 Å². The van der Waals surface area contributed by atoms with E-state index in [0.29, 0.717) is 17.0 Å². The molecular weight excluding hydrogens is 328 g/mol. The number of rotatable bonds is 3. The van der Waals surface area contributed by atoms with Crippen molar-refractivity contribution in [3.63, 3.8) is 0 Å². The summed E-state index contributed by atoms with van der Waals surface area (Å²) in [6, 6.07) is 6.99. The predicted molar refractivity (Wildman–Crippen MR) is 86.2 cm³/mol. The highest BCUT2D eigenvalue weighted by Crippen LogP contribution is 2.26. The molecule has 0 fully saturated rings. The third-order valence-electron chi connectivity index (χ3n) is 4.07. The van der Waals surface area contributed by atoms with E-state index in [2.05, 4.69) is 20.4 Å². The van der Waals surface area contributed by atoms with Crippen LogP contribution >= 0.6 is 0 Å². The van der Waals surface area contributed by atoms with E-state index in [1.807, 2.05) is 19.1 Å². The van der Waals surface area contributed by atoms with Crippen molar-refractivity contribution < 1.29 is 8.78 Å². The lowest BCUT2D eigenvalue weighted by Crippen LogP contribution is -2.05. The molecule has 3 heterocycles. The summed E-state index contributed by atoms with van der Waals surface area (Å²) in [6.45, 7) is 1.93. The Morgan fingerprint density at radius 1 is 1.16 bits per heavy atom. The summed E-state index contributed by atoms with van der Waals surface area (Å²) in [5.74, 6) is -1.15. The van der Waals surface area contributed by atoms with Crippen LogP contribution in [0.4, 0.5) is 14.6 Å². The highest BCUT2D eigenvalue weighted by molar-refractivity contribution is 5.65. The molecule has 0 saturated heterocycles. The zero-order valence-corrected chi connectivity index (χ0v) is 13.1. The van der Waals surface area contributed by atoms with E-state index in [1.165, 1.54) is 23.1 Å². The lowest BCUT2D eigenvalue weighted by Gasteiger charge is -2.08. The Morgan fingerprint density at radius 2 is 2.00 bits per heavy atom. The number of halogens is 2. The first-order valence-corrected chi connectivity index (χ1v) is 7.50. The quantitative estimate of drug-likeness (QED) is 0.618. The van der Waals surface area contributed by atoms with E-state index in [4.69, 9.17) is 5.73 Å². The Bertz CT molecular complexity index is 1070. The maximum atomic E-state index is 13.9. The molecule has 25 heavy (non-hydrogen) atoms. The van der Waals surface area contributed by atoms with E-state index in [9.17, 15) is 8.78 Å². The van der Waals surface area contributed by atoms with Crippen LogP contribution in [0.5, 0.6) is 0 Å². The Kier molecular flexibility index (Phi) is 3.41. The molecule has 9 heteroatoms. The van der Waals surface area contributed by atoms with Gasteiger partial charge in [0.05, 0.1) is 17.6 Å². The zero-order valence-electron chi connectivity index (χ0n) is 13.1. The number of aromatic nitrogens is 6. The molecule has 0 spiro atoms. The topological polar surface area (TPSA) is 86.9 Å². The zero-order chi connectivity index (χ0) is 17.6. The number of hydrogen-bond donors (Lipinski definition) is 1. The molecular formula is C16H13F2N7. The van der Waals surface area contributed by atoms with Crippen LogP contribution in [-0.2, 0) is 0 Å². The molecule has 4 rings (SSSR count). The van der Waals surface area contributed by atoms with E-state index in [-0.39, 0.29) is 11.6 Å². The molecule has 0 aliphatic heterocycles. The van der Waals surface area contributed by atoms with Crippen molar-refractivity contribution >= 4 is 11.3 Å². The largest absolute Gasteiger partial charge is 0.382 e. The number of hydrogen-bond acceptors (Lipinski definition) is 5. The minimum Gasteiger partial charge on any atom is -0.382 e. The summed E-state index contributed by atoms with van der Waals surface area (Å²) >= 11 is 0. The average molecular weight is 341 g/mol. The lowest BCUT2D eigenvalue weighted by molar-refractivity contribution is 0.572. The van der Waals surface area contributed by atoms with Gasteiger partial charge >= 0.3 is 0 Å². The number of nitrogen functional groups attached to an aromatic ring is 1. The van der Waals surface area contributed by atoms with Gasteiger partial charge in [-0.05, 0) is 24.3 Å². The Balaban J connectivity index is 1.73. The van der Waals surface area contributed by atoms with Gasteiger partial charge in [-0.3, -0.25) is 0 Å². The minimum absolute atomic E-state index is 0.124. The predicted octanol–water partition coefficient (Wildman–Crippen LogP) is 2.32. The van der Waals surface area contributed by atoms with Crippen LogP contribution in [0.25, 0.3) is 11.2 Å². The molecule has 0 radical (unpaired) electrons. The van der Waals surface area contributed by atoms with Gasteiger partial charge in [0, 0.05) is 12.0 Å². The monoisotopic (exact) mass is 341 g/mol. The second-order valence-electron chi connectivity index (χ2n) is 5.61. The number of nitrogens with two attached hydrogens (primary N) is 1. The summed E-state index contributed by atoms with van der Waals surface area (Å²) in [7, 11) is 0. The first-order chi connectivity index (χ1) is 12.0. The van der Waals surface area contributed by atoms with Crippen molar-refractivity contribution in [3.05, 3.63) is 65.9 Å². The van der Waals surface area contributed by atoms with Crippen LogP contribution < -0.4 is 5.73 Å². The van der Waals surface area contributed by atoms with E-state index in [0.717, 1.165) is 11.8 Å².